The van der Waals surface area contributed by atoms with Crippen LogP contribution in [-0.2, 0) is 4.79 Å². The minimum Gasteiger partial charge on any atom is -0.481 e. The summed E-state index contributed by atoms with van der Waals surface area (Å²) in [6, 6.07) is 0. The Labute approximate surface area is 212 Å². The van der Waals surface area contributed by atoms with E-state index in [0.717, 1.165) is 38.5 Å². The molecule has 0 aromatic heterocycles. The van der Waals surface area contributed by atoms with Gasteiger partial charge in [0.15, 0.2) is 0 Å². The second kappa shape index (κ2) is 7.26. The number of aliphatic hydroxyl groups excluding tert-OH is 2. The van der Waals surface area contributed by atoms with Crippen LogP contribution in [0.2, 0.25) is 0 Å². The van der Waals surface area contributed by atoms with Crippen molar-refractivity contribution in [1.29, 1.82) is 0 Å². The van der Waals surface area contributed by atoms with Crippen LogP contribution in [0.25, 0.3) is 0 Å². The van der Waals surface area contributed by atoms with Crippen LogP contribution >= 0.6 is 0 Å². The van der Waals surface area contributed by atoms with E-state index < -0.39 is 29.2 Å². The third kappa shape index (κ3) is 2.95. The zero-order chi connectivity index (χ0) is 26.0. The van der Waals surface area contributed by atoms with Gasteiger partial charge in [-0.1, -0.05) is 48.5 Å². The fourth-order valence-corrected chi connectivity index (χ4v) is 11.5. The molecule has 0 aromatic rings. The van der Waals surface area contributed by atoms with E-state index in [2.05, 4.69) is 48.5 Å². The minimum absolute atomic E-state index is 0.0344. The highest BCUT2D eigenvalue weighted by molar-refractivity contribution is 5.76. The van der Waals surface area contributed by atoms with Crippen molar-refractivity contribution < 1.29 is 25.2 Å². The number of carboxylic acids is 1. The van der Waals surface area contributed by atoms with Crippen LogP contribution in [0.3, 0.4) is 0 Å². The number of carboxylic acid groups (broad SMARTS) is 1. The number of carbonyl (C=O) groups is 1. The molecular formula is C30H50O5. The lowest BCUT2D eigenvalue weighted by molar-refractivity contribution is -0.318. The van der Waals surface area contributed by atoms with Gasteiger partial charge in [-0.2, -0.15) is 0 Å². The first-order valence-corrected chi connectivity index (χ1v) is 14.2. The largest absolute Gasteiger partial charge is 0.481 e. The van der Waals surface area contributed by atoms with Crippen LogP contribution < -0.4 is 0 Å². The molecule has 0 spiro atoms. The number of hydrogen-bond donors (Lipinski definition) is 4. The Morgan fingerprint density at radius 2 is 1.34 bits per heavy atom. The van der Waals surface area contributed by atoms with E-state index in [1.54, 1.807) is 0 Å². The van der Waals surface area contributed by atoms with Crippen molar-refractivity contribution in [2.75, 3.05) is 0 Å². The van der Waals surface area contributed by atoms with Gasteiger partial charge in [-0.3, -0.25) is 4.79 Å². The summed E-state index contributed by atoms with van der Waals surface area (Å²) in [4.78, 5) is 12.8. The lowest BCUT2D eigenvalue weighted by Crippen LogP contribution is -2.75. The van der Waals surface area contributed by atoms with Crippen LogP contribution in [0.4, 0.5) is 0 Å². The maximum Gasteiger partial charge on any atom is 0.310 e. The molecule has 5 rings (SSSR count). The van der Waals surface area contributed by atoms with E-state index in [4.69, 9.17) is 0 Å². The number of rotatable bonds is 1. The van der Waals surface area contributed by atoms with Crippen LogP contribution in [0.5, 0.6) is 0 Å². The molecule has 5 nitrogen and oxygen atoms in total. The highest BCUT2D eigenvalue weighted by atomic mass is 16.4. The van der Waals surface area contributed by atoms with Gasteiger partial charge in [0.25, 0.3) is 0 Å². The van der Waals surface area contributed by atoms with Gasteiger partial charge >= 0.3 is 5.97 Å². The molecule has 0 aromatic carbocycles. The molecule has 35 heavy (non-hydrogen) atoms. The van der Waals surface area contributed by atoms with Crippen LogP contribution in [-0.4, -0.2) is 44.2 Å². The van der Waals surface area contributed by atoms with E-state index in [1.807, 2.05) is 0 Å². The van der Waals surface area contributed by atoms with Gasteiger partial charge in [0.2, 0.25) is 0 Å². The van der Waals surface area contributed by atoms with Crippen molar-refractivity contribution in [3.63, 3.8) is 0 Å². The highest BCUT2D eigenvalue weighted by Crippen LogP contribution is 2.78. The molecule has 0 saturated heterocycles. The Morgan fingerprint density at radius 1 is 0.743 bits per heavy atom. The molecule has 10 atom stereocenters. The maximum atomic E-state index is 12.8. The summed E-state index contributed by atoms with van der Waals surface area (Å²) in [5, 5.41) is 45.2. The summed E-state index contributed by atoms with van der Waals surface area (Å²) in [6.45, 7) is 15.7. The Bertz CT molecular complexity index is 912. The predicted molar refractivity (Wildman–Crippen MR) is 136 cm³/mol. The van der Waals surface area contributed by atoms with Crippen LogP contribution in [0, 0.1) is 50.2 Å². The molecular weight excluding hydrogens is 440 g/mol. The lowest BCUT2D eigenvalue weighted by atomic mass is 9.30. The van der Waals surface area contributed by atoms with Crippen molar-refractivity contribution in [2.24, 2.45) is 50.2 Å². The van der Waals surface area contributed by atoms with E-state index >= 15 is 0 Å². The number of aliphatic carboxylic acids is 1. The molecule has 5 aliphatic carbocycles. The maximum absolute atomic E-state index is 12.8. The summed E-state index contributed by atoms with van der Waals surface area (Å²) in [6.07, 6.45) is 6.35. The van der Waals surface area contributed by atoms with E-state index in [1.165, 1.54) is 0 Å². The third-order valence-corrected chi connectivity index (χ3v) is 13.8. The summed E-state index contributed by atoms with van der Waals surface area (Å²) in [7, 11) is 0. The molecule has 4 N–H and O–H groups in total. The van der Waals surface area contributed by atoms with Crippen molar-refractivity contribution in [2.45, 2.75) is 130 Å². The van der Waals surface area contributed by atoms with Crippen molar-refractivity contribution in [1.82, 2.24) is 0 Å². The molecule has 5 heteroatoms. The molecule has 200 valence electrons. The SMILES string of the molecule is CC1(C)CC[C@]2(C(=O)O)CC[C@@]3(C)[C@]4(C)CC[C@H]5C(C)(C)[C@@H](O)[C@H](O)C[C@]5(C)[C@H]4CC[C@]3(O)[C@@H]2C1. The van der Waals surface area contributed by atoms with Crippen LogP contribution in [0.15, 0.2) is 0 Å². The smallest absolute Gasteiger partial charge is 0.310 e. The number of fused-ring (bicyclic) bond motifs is 7. The fraction of sp³-hybridized carbons (Fsp3) is 0.967. The molecule has 0 heterocycles. The molecule has 0 radical (unpaired) electrons. The summed E-state index contributed by atoms with van der Waals surface area (Å²) in [5.41, 5.74) is -2.78. The van der Waals surface area contributed by atoms with E-state index in [0.29, 0.717) is 37.5 Å². The Balaban J connectivity index is 1.60. The lowest BCUT2D eigenvalue weighted by Gasteiger charge is -2.75. The molecule has 0 aliphatic heterocycles. The van der Waals surface area contributed by atoms with Gasteiger partial charge in [-0.25, -0.2) is 0 Å². The van der Waals surface area contributed by atoms with Gasteiger partial charge in [-0.15, -0.1) is 0 Å². The zero-order valence-corrected chi connectivity index (χ0v) is 23.2. The fourth-order valence-electron chi connectivity index (χ4n) is 11.5. The number of aliphatic hydroxyl groups is 3. The van der Waals surface area contributed by atoms with Gasteiger partial charge < -0.3 is 20.4 Å². The summed E-state index contributed by atoms with van der Waals surface area (Å²) < 4.78 is 0. The second-order valence-corrected chi connectivity index (χ2v) is 15.8. The molecule has 5 aliphatic rings. The molecule has 5 saturated carbocycles. The average molecular weight is 491 g/mol. The number of hydrogen-bond acceptors (Lipinski definition) is 4. The van der Waals surface area contributed by atoms with E-state index in [-0.39, 0.29) is 33.0 Å². The first-order valence-electron chi connectivity index (χ1n) is 14.2. The predicted octanol–water partition coefficient (Wildman–Crippen LogP) is 5.40. The topological polar surface area (TPSA) is 98.0 Å². The Kier molecular flexibility index (Phi) is 5.39. The molecule has 0 amide bonds. The Morgan fingerprint density at radius 3 is 1.97 bits per heavy atom. The highest BCUT2D eigenvalue weighted by Gasteiger charge is 2.76. The monoisotopic (exact) mass is 490 g/mol. The van der Waals surface area contributed by atoms with Crippen molar-refractivity contribution in [3.05, 3.63) is 0 Å². The standard InChI is InChI=1S/C30H50O5/c1-24(2)12-14-29(23(33)34)15-13-28(7)27(6)10-8-19-25(3,4)22(32)18(31)16-26(19,5)20(27)9-11-30(28,35)21(29)17-24/h18-22,31-32,35H,8-17H2,1-7H3,(H,33,34)/t18-,19+,20-,21-,22+,26+,27-,28+,29+,30+/m1/s1. The summed E-state index contributed by atoms with van der Waals surface area (Å²) in [5.74, 6) is -0.290. The average Bonchev–Trinajstić information content (AvgIpc) is 2.73. The molecule has 0 unspecified atom stereocenters. The minimum atomic E-state index is -1.00. The van der Waals surface area contributed by atoms with Gasteiger partial charge in [0.1, 0.15) is 0 Å². The quantitative estimate of drug-likeness (QED) is 0.395. The van der Waals surface area contributed by atoms with Gasteiger partial charge in [0.05, 0.1) is 23.2 Å². The van der Waals surface area contributed by atoms with Crippen molar-refractivity contribution >= 4 is 5.97 Å². The van der Waals surface area contributed by atoms with Crippen molar-refractivity contribution in [3.8, 4) is 0 Å². The first-order chi connectivity index (χ1) is 15.9. The Hall–Kier alpha value is -0.650. The van der Waals surface area contributed by atoms with Crippen LogP contribution in [0.1, 0.15) is 113 Å². The zero-order valence-electron chi connectivity index (χ0n) is 23.2. The normalized spacial score (nSPS) is 56.7. The van der Waals surface area contributed by atoms with Gasteiger partial charge in [0, 0.05) is 11.3 Å². The first kappa shape index (κ1) is 26.0. The molecule has 5 fully saturated rings. The van der Waals surface area contributed by atoms with E-state index in [9.17, 15) is 25.2 Å². The third-order valence-electron chi connectivity index (χ3n) is 13.8. The molecule has 0 bridgehead atoms. The summed E-state index contributed by atoms with van der Waals surface area (Å²) >= 11 is 0. The second-order valence-electron chi connectivity index (χ2n) is 15.8. The van der Waals surface area contributed by atoms with Gasteiger partial charge in [-0.05, 0) is 97.7 Å².